The number of rotatable bonds is 8. The van der Waals surface area contributed by atoms with E-state index in [9.17, 15) is 17.6 Å². The van der Waals surface area contributed by atoms with Crippen LogP contribution in [-0.4, -0.2) is 51.5 Å². The molecule has 0 bridgehead atoms. The second-order valence-electron chi connectivity index (χ2n) is 7.47. The predicted octanol–water partition coefficient (Wildman–Crippen LogP) is 3.23. The van der Waals surface area contributed by atoms with Crippen molar-refractivity contribution in [2.45, 2.75) is 10.9 Å². The lowest BCUT2D eigenvalue weighted by Crippen LogP contribution is -2.40. The van der Waals surface area contributed by atoms with Crippen LogP contribution in [0.5, 0.6) is 0 Å². The number of amides is 1. The standard InChI is InChI=1S/C23H24FN3O4S2/c24-18-5-3-17(4-6-18)23(21-2-1-15-32-21)25-16-22(28)26-19-7-9-20(10-8-19)33(29,30)27-11-13-31-14-12-27/h1-10,15,23,25H,11-14,16H2,(H,26,28)/t23-/m0/s1. The second kappa shape index (κ2) is 10.5. The smallest absolute Gasteiger partial charge is 0.243 e. The fourth-order valence-corrected chi connectivity index (χ4v) is 5.77. The van der Waals surface area contributed by atoms with Crippen molar-refractivity contribution in [1.82, 2.24) is 9.62 Å². The number of morpholine rings is 1. The number of carbonyl (C=O) groups is 1. The van der Waals surface area contributed by atoms with Crippen LogP contribution in [0.25, 0.3) is 0 Å². The normalized spacial score (nSPS) is 15.8. The molecule has 4 rings (SSSR count). The minimum Gasteiger partial charge on any atom is -0.379 e. The predicted molar refractivity (Wildman–Crippen MR) is 125 cm³/mol. The van der Waals surface area contributed by atoms with Crippen molar-refractivity contribution in [2.24, 2.45) is 0 Å². The van der Waals surface area contributed by atoms with E-state index in [1.807, 2.05) is 17.5 Å². The van der Waals surface area contributed by atoms with E-state index < -0.39 is 10.0 Å². The third-order valence-electron chi connectivity index (χ3n) is 5.24. The molecule has 0 radical (unpaired) electrons. The number of hydrogen-bond acceptors (Lipinski definition) is 6. The number of benzene rings is 2. The zero-order valence-electron chi connectivity index (χ0n) is 17.7. The molecule has 0 aliphatic carbocycles. The molecule has 2 N–H and O–H groups in total. The summed E-state index contributed by atoms with van der Waals surface area (Å²) in [5.74, 6) is -0.594. The molecule has 3 aromatic rings. The largest absolute Gasteiger partial charge is 0.379 e. The summed E-state index contributed by atoms with van der Waals surface area (Å²) < 4.78 is 45.4. The minimum absolute atomic E-state index is 0.0216. The Morgan fingerprint density at radius 3 is 2.39 bits per heavy atom. The molecule has 0 spiro atoms. The Kier molecular flexibility index (Phi) is 7.51. The Balaban J connectivity index is 1.38. The zero-order chi connectivity index (χ0) is 23.3. The van der Waals surface area contributed by atoms with Gasteiger partial charge in [0, 0.05) is 23.7 Å². The fourth-order valence-electron chi connectivity index (χ4n) is 3.54. The van der Waals surface area contributed by atoms with Crippen molar-refractivity contribution in [2.75, 3.05) is 38.2 Å². The van der Waals surface area contributed by atoms with Crippen molar-refractivity contribution >= 4 is 33.0 Å². The maximum Gasteiger partial charge on any atom is 0.243 e. The average molecular weight is 490 g/mol. The molecule has 2 aromatic carbocycles. The van der Waals surface area contributed by atoms with Gasteiger partial charge in [0.15, 0.2) is 0 Å². The quantitative estimate of drug-likeness (QED) is 0.507. The monoisotopic (exact) mass is 489 g/mol. The number of sulfonamides is 1. The number of hydrogen-bond donors (Lipinski definition) is 2. The third kappa shape index (κ3) is 5.84. The van der Waals surface area contributed by atoms with Gasteiger partial charge in [0.25, 0.3) is 0 Å². The SMILES string of the molecule is O=C(CN[C@@H](c1ccc(F)cc1)c1cccs1)Nc1ccc(S(=O)(=O)N2CCOCC2)cc1. The fraction of sp³-hybridized carbons (Fsp3) is 0.261. The van der Waals surface area contributed by atoms with Crippen molar-refractivity contribution in [1.29, 1.82) is 0 Å². The van der Waals surface area contributed by atoms with Crippen LogP contribution in [-0.2, 0) is 19.6 Å². The maximum absolute atomic E-state index is 13.3. The highest BCUT2D eigenvalue weighted by Gasteiger charge is 2.26. The van der Waals surface area contributed by atoms with Crippen molar-refractivity contribution in [3.8, 4) is 0 Å². The van der Waals surface area contributed by atoms with E-state index in [2.05, 4.69) is 10.6 Å². The third-order valence-corrected chi connectivity index (χ3v) is 8.09. The Labute approximate surface area is 196 Å². The summed E-state index contributed by atoms with van der Waals surface area (Å²) in [6, 6.07) is 15.9. The topological polar surface area (TPSA) is 87.7 Å². The number of anilines is 1. The van der Waals surface area contributed by atoms with Gasteiger partial charge in [0.2, 0.25) is 15.9 Å². The van der Waals surface area contributed by atoms with E-state index in [0.29, 0.717) is 32.0 Å². The molecule has 2 heterocycles. The van der Waals surface area contributed by atoms with Crippen LogP contribution >= 0.6 is 11.3 Å². The van der Waals surface area contributed by atoms with Gasteiger partial charge in [0.05, 0.1) is 30.7 Å². The van der Waals surface area contributed by atoms with Gasteiger partial charge in [-0.1, -0.05) is 18.2 Å². The van der Waals surface area contributed by atoms with Crippen LogP contribution in [0.3, 0.4) is 0 Å². The van der Waals surface area contributed by atoms with Crippen LogP contribution in [0.2, 0.25) is 0 Å². The van der Waals surface area contributed by atoms with E-state index in [-0.39, 0.29) is 29.2 Å². The maximum atomic E-state index is 13.3. The summed E-state index contributed by atoms with van der Waals surface area (Å²) in [6.07, 6.45) is 0. The molecule has 1 fully saturated rings. The number of nitrogens with zero attached hydrogens (tertiary/aromatic N) is 1. The molecule has 1 aromatic heterocycles. The molecular weight excluding hydrogens is 465 g/mol. The summed E-state index contributed by atoms with van der Waals surface area (Å²) in [4.78, 5) is 13.7. The van der Waals surface area contributed by atoms with Crippen LogP contribution in [0.15, 0.2) is 70.9 Å². The van der Waals surface area contributed by atoms with Crippen molar-refractivity contribution in [3.63, 3.8) is 0 Å². The van der Waals surface area contributed by atoms with E-state index in [1.165, 1.54) is 28.6 Å². The summed E-state index contributed by atoms with van der Waals surface area (Å²) in [5, 5.41) is 7.94. The summed E-state index contributed by atoms with van der Waals surface area (Å²) in [5.41, 5.74) is 1.35. The number of nitrogens with one attached hydrogen (secondary N) is 2. The van der Waals surface area contributed by atoms with Crippen LogP contribution in [0.1, 0.15) is 16.5 Å². The number of ether oxygens (including phenoxy) is 1. The molecule has 1 atom stereocenters. The van der Waals surface area contributed by atoms with Crippen LogP contribution < -0.4 is 10.6 Å². The van der Waals surface area contributed by atoms with Gasteiger partial charge in [-0.25, -0.2) is 12.8 Å². The Bertz CT molecular complexity index is 1160. The number of carbonyl (C=O) groups excluding carboxylic acids is 1. The molecule has 0 saturated carbocycles. The van der Waals surface area contributed by atoms with Crippen LogP contribution in [0.4, 0.5) is 10.1 Å². The first-order valence-electron chi connectivity index (χ1n) is 10.4. The molecule has 1 aliphatic heterocycles. The molecule has 7 nitrogen and oxygen atoms in total. The Hall–Kier alpha value is -2.63. The van der Waals surface area contributed by atoms with Gasteiger partial charge in [-0.2, -0.15) is 4.31 Å². The molecule has 33 heavy (non-hydrogen) atoms. The summed E-state index contributed by atoms with van der Waals surface area (Å²) in [7, 11) is -3.58. The Morgan fingerprint density at radius 1 is 1.06 bits per heavy atom. The van der Waals surface area contributed by atoms with Crippen molar-refractivity contribution in [3.05, 3.63) is 82.3 Å². The van der Waals surface area contributed by atoms with Gasteiger partial charge in [-0.15, -0.1) is 11.3 Å². The molecule has 1 aliphatic rings. The summed E-state index contributed by atoms with van der Waals surface area (Å²) >= 11 is 1.54. The first-order chi connectivity index (χ1) is 15.9. The highest BCUT2D eigenvalue weighted by Crippen LogP contribution is 2.26. The number of thiophene rings is 1. The van der Waals surface area contributed by atoms with Gasteiger partial charge in [-0.05, 0) is 53.4 Å². The molecule has 1 amide bonds. The molecule has 10 heteroatoms. The van der Waals surface area contributed by atoms with Gasteiger partial charge < -0.3 is 10.1 Å². The molecule has 174 valence electrons. The first-order valence-corrected chi connectivity index (χ1v) is 12.8. The van der Waals surface area contributed by atoms with Gasteiger partial charge in [0.1, 0.15) is 5.82 Å². The van der Waals surface area contributed by atoms with E-state index in [4.69, 9.17) is 4.74 Å². The van der Waals surface area contributed by atoms with Crippen molar-refractivity contribution < 1.29 is 22.3 Å². The molecular formula is C23H24FN3O4S2. The highest BCUT2D eigenvalue weighted by atomic mass is 32.2. The van der Waals surface area contributed by atoms with E-state index in [1.54, 1.807) is 35.6 Å². The lowest BCUT2D eigenvalue weighted by Gasteiger charge is -2.26. The lowest BCUT2D eigenvalue weighted by atomic mass is 10.1. The average Bonchev–Trinajstić information content (AvgIpc) is 3.36. The lowest BCUT2D eigenvalue weighted by molar-refractivity contribution is -0.115. The van der Waals surface area contributed by atoms with E-state index in [0.717, 1.165) is 10.4 Å². The number of halogens is 1. The first kappa shape index (κ1) is 23.5. The van der Waals surface area contributed by atoms with Crippen LogP contribution in [0, 0.1) is 5.82 Å². The van der Waals surface area contributed by atoms with E-state index >= 15 is 0 Å². The molecule has 1 saturated heterocycles. The van der Waals surface area contributed by atoms with Gasteiger partial charge in [-0.3, -0.25) is 10.1 Å². The minimum atomic E-state index is -3.58. The zero-order valence-corrected chi connectivity index (χ0v) is 19.4. The summed E-state index contributed by atoms with van der Waals surface area (Å²) in [6.45, 7) is 1.43. The molecule has 0 unspecified atom stereocenters. The highest BCUT2D eigenvalue weighted by molar-refractivity contribution is 7.89. The Morgan fingerprint density at radius 2 is 1.76 bits per heavy atom. The van der Waals surface area contributed by atoms with Gasteiger partial charge >= 0.3 is 0 Å². The second-order valence-corrected chi connectivity index (χ2v) is 10.4.